The summed E-state index contributed by atoms with van der Waals surface area (Å²) in [6.45, 7) is 12.7. The number of allylic oxidation sites excluding steroid dienone is 4. The first-order valence-corrected chi connectivity index (χ1v) is 11.4. The summed E-state index contributed by atoms with van der Waals surface area (Å²) in [6, 6.07) is 2.16. The Morgan fingerprint density at radius 1 is 1.14 bits per heavy atom. The summed E-state index contributed by atoms with van der Waals surface area (Å²) in [5.41, 5.74) is 4.25. The van der Waals surface area contributed by atoms with Crippen molar-refractivity contribution >= 4 is 11.9 Å². The van der Waals surface area contributed by atoms with Gasteiger partial charge in [-0.15, -0.1) is 0 Å². The van der Waals surface area contributed by atoms with Crippen LogP contribution < -0.4 is 4.72 Å². The van der Waals surface area contributed by atoms with Gasteiger partial charge in [0.1, 0.15) is 11.5 Å². The summed E-state index contributed by atoms with van der Waals surface area (Å²) < 4.78 is 3.34. The molecule has 0 fully saturated rings. The molecule has 1 aromatic rings. The zero-order valence-electron chi connectivity index (χ0n) is 18.6. The Labute approximate surface area is 176 Å². The number of benzene rings is 1. The molecule has 4 heteroatoms. The minimum absolute atomic E-state index is 0.200. The maximum absolute atomic E-state index is 10.9. The molecule has 28 heavy (non-hydrogen) atoms. The number of nitrogens with one attached hydrogen (secondary N) is 1. The van der Waals surface area contributed by atoms with Gasteiger partial charge in [0.25, 0.3) is 0 Å². The van der Waals surface area contributed by atoms with Crippen molar-refractivity contribution in [2.75, 3.05) is 0 Å². The number of rotatable bonds is 12. The molecule has 0 amide bonds. The predicted octanol–water partition coefficient (Wildman–Crippen LogP) is 7.07. The average molecular weight is 406 g/mol. The van der Waals surface area contributed by atoms with E-state index in [1.807, 2.05) is 6.07 Å². The van der Waals surface area contributed by atoms with Crippen molar-refractivity contribution in [3.05, 3.63) is 40.5 Å². The highest BCUT2D eigenvalue weighted by molar-refractivity contribution is 7.97. The van der Waals surface area contributed by atoms with Gasteiger partial charge in [0.2, 0.25) is 0 Å². The van der Waals surface area contributed by atoms with Crippen molar-refractivity contribution < 1.29 is 10.2 Å². The Kier molecular flexibility index (Phi) is 11.4. The van der Waals surface area contributed by atoms with Crippen LogP contribution in [0.25, 0.3) is 0 Å². The molecule has 1 rings (SSSR count). The monoisotopic (exact) mass is 405 g/mol. The molecule has 0 spiro atoms. The molecule has 0 heterocycles. The second-order valence-corrected chi connectivity index (χ2v) is 8.97. The van der Waals surface area contributed by atoms with Gasteiger partial charge in [-0.3, -0.25) is 4.72 Å². The van der Waals surface area contributed by atoms with E-state index in [1.165, 1.54) is 23.1 Å². The number of hydrogen-bond acceptors (Lipinski definition) is 4. The maximum Gasteiger partial charge on any atom is 0.137 e. The first-order valence-electron chi connectivity index (χ1n) is 10.5. The van der Waals surface area contributed by atoms with Gasteiger partial charge in [0, 0.05) is 11.6 Å². The second-order valence-electron chi connectivity index (χ2n) is 8.12. The van der Waals surface area contributed by atoms with Crippen LogP contribution in [-0.4, -0.2) is 16.3 Å². The van der Waals surface area contributed by atoms with E-state index < -0.39 is 0 Å². The van der Waals surface area contributed by atoms with Gasteiger partial charge >= 0.3 is 0 Å². The average Bonchev–Trinajstić information content (AvgIpc) is 2.60. The molecule has 0 unspecified atom stereocenters. The lowest BCUT2D eigenvalue weighted by atomic mass is 10.00. The summed E-state index contributed by atoms with van der Waals surface area (Å²) in [6.07, 6.45) is 11.2. The second kappa shape index (κ2) is 12.9. The Hall–Kier alpha value is -1.39. The van der Waals surface area contributed by atoms with Crippen LogP contribution in [0.4, 0.5) is 0 Å². The minimum atomic E-state index is 0.200. The minimum Gasteiger partial charge on any atom is -0.508 e. The molecule has 0 radical (unpaired) electrons. The smallest absolute Gasteiger partial charge is 0.137 e. The van der Waals surface area contributed by atoms with Crippen LogP contribution in [-0.2, 0) is 12.8 Å². The highest BCUT2D eigenvalue weighted by atomic mass is 32.2. The molecule has 0 aliphatic heterocycles. The van der Waals surface area contributed by atoms with E-state index in [9.17, 15) is 10.2 Å². The molecule has 3 nitrogen and oxygen atoms in total. The molecular formula is C24H39NO2S. The molecule has 0 bridgehead atoms. The van der Waals surface area contributed by atoms with Crippen LogP contribution >= 0.6 is 11.9 Å². The Balaban J connectivity index is 3.04. The SMILES string of the molecule is CCCCCc1cc(O)c(C/C=C(\C)CCC=C(C)C)c(O)c1SNC(C)C. The molecule has 3 N–H and O–H groups in total. The van der Waals surface area contributed by atoms with Crippen LogP contribution in [0.3, 0.4) is 0 Å². The van der Waals surface area contributed by atoms with E-state index in [4.69, 9.17) is 0 Å². The van der Waals surface area contributed by atoms with Crippen molar-refractivity contribution in [1.82, 2.24) is 4.72 Å². The highest BCUT2D eigenvalue weighted by Gasteiger charge is 2.18. The number of unbranched alkanes of at least 4 members (excludes halogenated alkanes) is 2. The van der Waals surface area contributed by atoms with Crippen LogP contribution in [0.2, 0.25) is 0 Å². The van der Waals surface area contributed by atoms with Gasteiger partial charge in [0.05, 0.1) is 4.90 Å². The lowest BCUT2D eigenvalue weighted by Gasteiger charge is -2.17. The number of aryl methyl sites for hydroxylation is 1. The third-order valence-corrected chi connectivity index (χ3v) is 5.85. The quantitative estimate of drug-likeness (QED) is 0.198. The number of phenols is 2. The first kappa shape index (κ1) is 24.6. The van der Waals surface area contributed by atoms with Crippen molar-refractivity contribution in [2.45, 2.75) is 97.4 Å². The van der Waals surface area contributed by atoms with Gasteiger partial charge < -0.3 is 10.2 Å². The molecular weight excluding hydrogens is 366 g/mol. The fraction of sp³-hybridized carbons (Fsp3) is 0.583. The standard InChI is InChI=1S/C24H39NO2S/c1-7-8-9-13-20-16-22(26)21(23(27)24(20)28-25-18(4)5)15-14-19(6)12-10-11-17(2)3/h11,14,16,18,25-27H,7-10,12-13,15H2,1-6H3/b19-14+. The fourth-order valence-corrected chi connectivity index (χ4v) is 3.80. The summed E-state index contributed by atoms with van der Waals surface area (Å²) in [5, 5.41) is 21.5. The van der Waals surface area contributed by atoms with Gasteiger partial charge in [-0.2, -0.15) is 0 Å². The van der Waals surface area contributed by atoms with Gasteiger partial charge in [-0.25, -0.2) is 0 Å². The largest absolute Gasteiger partial charge is 0.508 e. The van der Waals surface area contributed by atoms with E-state index >= 15 is 0 Å². The van der Waals surface area contributed by atoms with Crippen LogP contribution in [0.1, 0.15) is 84.8 Å². The lowest BCUT2D eigenvalue weighted by Crippen LogP contribution is -2.14. The summed E-state index contributed by atoms with van der Waals surface area (Å²) in [5.74, 6) is 0.421. The van der Waals surface area contributed by atoms with E-state index in [1.54, 1.807) is 0 Å². The molecule has 0 aromatic heterocycles. The summed E-state index contributed by atoms with van der Waals surface area (Å²) in [4.78, 5) is 0.855. The topological polar surface area (TPSA) is 52.5 Å². The molecule has 0 aliphatic carbocycles. The van der Waals surface area contributed by atoms with Crippen LogP contribution in [0.5, 0.6) is 11.5 Å². The van der Waals surface area contributed by atoms with Crippen LogP contribution in [0.15, 0.2) is 34.3 Å². The maximum atomic E-state index is 10.9. The predicted molar refractivity (Wildman–Crippen MR) is 123 cm³/mol. The zero-order chi connectivity index (χ0) is 21.1. The Morgan fingerprint density at radius 3 is 2.46 bits per heavy atom. The first-order chi connectivity index (χ1) is 13.3. The van der Waals surface area contributed by atoms with Crippen molar-refractivity contribution in [1.29, 1.82) is 0 Å². The van der Waals surface area contributed by atoms with E-state index in [0.717, 1.165) is 49.0 Å². The molecule has 158 valence electrons. The molecule has 0 saturated heterocycles. The molecule has 0 atom stereocenters. The number of hydrogen-bond donors (Lipinski definition) is 3. The zero-order valence-corrected chi connectivity index (χ0v) is 19.4. The van der Waals surface area contributed by atoms with E-state index in [2.05, 4.69) is 58.4 Å². The normalized spacial score (nSPS) is 11.9. The van der Waals surface area contributed by atoms with Gasteiger partial charge in [-0.05, 0) is 90.3 Å². The fourth-order valence-electron chi connectivity index (χ4n) is 2.94. The third kappa shape index (κ3) is 8.74. The van der Waals surface area contributed by atoms with Crippen LogP contribution in [0, 0.1) is 0 Å². The van der Waals surface area contributed by atoms with Crippen molar-refractivity contribution in [3.8, 4) is 11.5 Å². The lowest BCUT2D eigenvalue weighted by molar-refractivity contribution is 0.429. The van der Waals surface area contributed by atoms with Gasteiger partial charge in [0.15, 0.2) is 0 Å². The van der Waals surface area contributed by atoms with Crippen molar-refractivity contribution in [3.63, 3.8) is 0 Å². The highest BCUT2D eigenvalue weighted by Crippen LogP contribution is 2.40. The third-order valence-electron chi connectivity index (χ3n) is 4.60. The van der Waals surface area contributed by atoms with Crippen molar-refractivity contribution in [2.24, 2.45) is 0 Å². The van der Waals surface area contributed by atoms with E-state index in [-0.39, 0.29) is 11.5 Å². The van der Waals surface area contributed by atoms with E-state index in [0.29, 0.717) is 18.0 Å². The van der Waals surface area contributed by atoms with Gasteiger partial charge in [-0.1, -0.05) is 43.1 Å². The molecule has 1 aromatic carbocycles. The number of aromatic hydroxyl groups is 2. The Morgan fingerprint density at radius 2 is 1.86 bits per heavy atom. The Bertz CT molecular complexity index is 674. The summed E-state index contributed by atoms with van der Waals surface area (Å²) >= 11 is 1.47. The summed E-state index contributed by atoms with van der Waals surface area (Å²) in [7, 11) is 0. The molecule has 0 saturated carbocycles. The molecule has 0 aliphatic rings. The number of phenolic OH excluding ortho intramolecular Hbond substituents is 2.